The lowest BCUT2D eigenvalue weighted by Crippen LogP contribution is -2.33. The average molecular weight is 297 g/mol. The molecule has 3 heterocycles. The van der Waals surface area contributed by atoms with Crippen LogP contribution in [0.1, 0.15) is 10.4 Å². The predicted molar refractivity (Wildman–Crippen MR) is 77.8 cm³/mol. The Hall–Kier alpha value is -2.63. The molecule has 6 heteroatoms. The Kier molecular flexibility index (Phi) is 2.96. The number of likely N-dealkylation sites (tertiary alicyclic amines) is 1. The van der Waals surface area contributed by atoms with Crippen molar-refractivity contribution in [3.8, 4) is 11.3 Å². The lowest BCUT2D eigenvalue weighted by atomic mass is 10.0. The molecule has 0 bridgehead atoms. The van der Waals surface area contributed by atoms with E-state index in [0.717, 1.165) is 5.56 Å². The van der Waals surface area contributed by atoms with E-state index in [1.807, 2.05) is 12.1 Å². The van der Waals surface area contributed by atoms with Crippen molar-refractivity contribution in [2.45, 2.75) is 0 Å². The molecule has 1 aromatic carbocycles. The molecular formula is C16H15N3O3. The average Bonchev–Trinajstić information content (AvgIpc) is 3.26. The lowest BCUT2D eigenvalue weighted by Gasteiger charge is -2.17. The first-order chi connectivity index (χ1) is 10.7. The van der Waals surface area contributed by atoms with Gasteiger partial charge in [-0.25, -0.2) is 4.98 Å². The molecule has 2 aliphatic heterocycles. The van der Waals surface area contributed by atoms with Crippen molar-refractivity contribution in [1.82, 2.24) is 15.2 Å². The van der Waals surface area contributed by atoms with Crippen LogP contribution < -0.4 is 5.32 Å². The number of amides is 2. The highest BCUT2D eigenvalue weighted by molar-refractivity contribution is 5.95. The summed E-state index contributed by atoms with van der Waals surface area (Å²) in [5.74, 6) is 0.931. The number of hydrogen-bond donors (Lipinski definition) is 1. The number of rotatable bonds is 2. The van der Waals surface area contributed by atoms with Gasteiger partial charge < -0.3 is 14.6 Å². The standard InChI is InChI=1S/C16H15N3O3/c20-15-13-8-19(7-12(13)5-18-15)16(21)11-3-1-10(2-4-11)14-6-17-9-22-14/h1-4,6,9,12-13H,5,7-8H2,(H,18,20)/t12-,13+/m0/s1. The highest BCUT2D eigenvalue weighted by Gasteiger charge is 2.43. The first-order valence-electron chi connectivity index (χ1n) is 7.28. The molecule has 6 nitrogen and oxygen atoms in total. The van der Waals surface area contributed by atoms with Gasteiger partial charge in [-0.15, -0.1) is 0 Å². The van der Waals surface area contributed by atoms with E-state index in [1.165, 1.54) is 6.39 Å². The van der Waals surface area contributed by atoms with E-state index in [9.17, 15) is 9.59 Å². The first-order valence-corrected chi connectivity index (χ1v) is 7.28. The van der Waals surface area contributed by atoms with Crippen molar-refractivity contribution in [2.75, 3.05) is 19.6 Å². The topological polar surface area (TPSA) is 75.4 Å². The molecule has 1 N–H and O–H groups in total. The number of hydrogen-bond acceptors (Lipinski definition) is 4. The molecule has 2 fully saturated rings. The summed E-state index contributed by atoms with van der Waals surface area (Å²) >= 11 is 0. The van der Waals surface area contributed by atoms with Crippen LogP contribution >= 0.6 is 0 Å². The SMILES string of the molecule is O=C1NC[C@H]2CN(C(=O)c3ccc(-c4cnco4)cc3)C[C@@H]12. The van der Waals surface area contributed by atoms with Gasteiger partial charge in [0.2, 0.25) is 5.91 Å². The molecule has 2 saturated heterocycles. The van der Waals surface area contributed by atoms with Crippen LogP contribution in [0.3, 0.4) is 0 Å². The molecule has 0 unspecified atom stereocenters. The van der Waals surface area contributed by atoms with Gasteiger partial charge in [-0.05, 0) is 12.1 Å². The zero-order valence-corrected chi connectivity index (χ0v) is 11.9. The predicted octanol–water partition coefficient (Wildman–Crippen LogP) is 1.16. The monoisotopic (exact) mass is 297 g/mol. The molecule has 2 aliphatic rings. The molecule has 0 saturated carbocycles. The second kappa shape index (κ2) is 4.98. The highest BCUT2D eigenvalue weighted by atomic mass is 16.3. The normalized spacial score (nSPS) is 23.5. The minimum absolute atomic E-state index is 0.0219. The lowest BCUT2D eigenvalue weighted by molar-refractivity contribution is -0.122. The molecular weight excluding hydrogens is 282 g/mol. The van der Waals surface area contributed by atoms with Crippen molar-refractivity contribution in [2.24, 2.45) is 11.8 Å². The summed E-state index contributed by atoms with van der Waals surface area (Å²) in [5, 5.41) is 2.85. The van der Waals surface area contributed by atoms with Gasteiger partial charge in [0.25, 0.3) is 5.91 Å². The molecule has 0 spiro atoms. The van der Waals surface area contributed by atoms with E-state index in [0.29, 0.717) is 31.0 Å². The van der Waals surface area contributed by atoms with Crippen molar-refractivity contribution >= 4 is 11.8 Å². The Morgan fingerprint density at radius 3 is 2.77 bits per heavy atom. The van der Waals surface area contributed by atoms with E-state index in [1.54, 1.807) is 23.2 Å². The van der Waals surface area contributed by atoms with Crippen molar-refractivity contribution < 1.29 is 14.0 Å². The minimum atomic E-state index is -0.0441. The van der Waals surface area contributed by atoms with Crippen LogP contribution in [0.5, 0.6) is 0 Å². The van der Waals surface area contributed by atoms with Crippen LogP contribution in [0.2, 0.25) is 0 Å². The van der Waals surface area contributed by atoms with E-state index < -0.39 is 0 Å². The summed E-state index contributed by atoms with van der Waals surface area (Å²) in [6.45, 7) is 1.84. The van der Waals surface area contributed by atoms with Gasteiger partial charge in [0.05, 0.1) is 12.1 Å². The molecule has 2 aromatic rings. The van der Waals surface area contributed by atoms with Crippen LogP contribution in [-0.2, 0) is 4.79 Å². The Balaban J connectivity index is 1.50. The van der Waals surface area contributed by atoms with E-state index in [2.05, 4.69) is 10.3 Å². The van der Waals surface area contributed by atoms with Crippen molar-refractivity contribution in [3.05, 3.63) is 42.4 Å². The Morgan fingerprint density at radius 1 is 1.27 bits per heavy atom. The second-order valence-corrected chi connectivity index (χ2v) is 5.76. The number of carbonyl (C=O) groups excluding carboxylic acids is 2. The molecule has 2 amide bonds. The summed E-state index contributed by atoms with van der Waals surface area (Å²) in [5.41, 5.74) is 1.51. The van der Waals surface area contributed by atoms with Crippen molar-refractivity contribution in [3.63, 3.8) is 0 Å². The van der Waals surface area contributed by atoms with Crippen LogP contribution in [0.25, 0.3) is 11.3 Å². The fourth-order valence-corrected chi connectivity index (χ4v) is 3.22. The summed E-state index contributed by atoms with van der Waals surface area (Å²) in [7, 11) is 0. The van der Waals surface area contributed by atoms with E-state index in [4.69, 9.17) is 4.42 Å². The number of oxazole rings is 1. The van der Waals surface area contributed by atoms with E-state index >= 15 is 0 Å². The van der Waals surface area contributed by atoms with Gasteiger partial charge >= 0.3 is 0 Å². The third kappa shape index (κ3) is 2.07. The zero-order valence-electron chi connectivity index (χ0n) is 11.9. The molecule has 4 rings (SSSR count). The molecule has 112 valence electrons. The van der Waals surface area contributed by atoms with Gasteiger partial charge in [-0.1, -0.05) is 12.1 Å². The number of nitrogens with one attached hydrogen (secondary N) is 1. The first kappa shape index (κ1) is 13.1. The van der Waals surface area contributed by atoms with Crippen LogP contribution in [0.15, 0.2) is 41.3 Å². The highest BCUT2D eigenvalue weighted by Crippen LogP contribution is 2.28. The Labute approximate surface area is 127 Å². The molecule has 0 radical (unpaired) electrons. The minimum Gasteiger partial charge on any atom is -0.444 e. The van der Waals surface area contributed by atoms with Gasteiger partial charge in [0.15, 0.2) is 12.2 Å². The zero-order chi connectivity index (χ0) is 15.1. The third-order valence-electron chi connectivity index (χ3n) is 4.45. The molecule has 1 aromatic heterocycles. The molecule has 22 heavy (non-hydrogen) atoms. The largest absolute Gasteiger partial charge is 0.444 e. The summed E-state index contributed by atoms with van der Waals surface area (Å²) in [6, 6.07) is 7.26. The van der Waals surface area contributed by atoms with Gasteiger partial charge in [0, 0.05) is 36.7 Å². The third-order valence-corrected chi connectivity index (χ3v) is 4.45. The summed E-state index contributed by atoms with van der Waals surface area (Å²) < 4.78 is 5.23. The van der Waals surface area contributed by atoms with Gasteiger partial charge in [-0.2, -0.15) is 0 Å². The molecule has 2 atom stereocenters. The number of carbonyl (C=O) groups is 2. The fourth-order valence-electron chi connectivity index (χ4n) is 3.22. The number of aromatic nitrogens is 1. The van der Waals surface area contributed by atoms with Crippen LogP contribution in [-0.4, -0.2) is 41.3 Å². The van der Waals surface area contributed by atoms with Crippen LogP contribution in [0.4, 0.5) is 0 Å². The number of fused-ring (bicyclic) bond motifs is 1. The van der Waals surface area contributed by atoms with Crippen LogP contribution in [0, 0.1) is 11.8 Å². The molecule has 0 aliphatic carbocycles. The second-order valence-electron chi connectivity index (χ2n) is 5.76. The number of benzene rings is 1. The van der Waals surface area contributed by atoms with E-state index in [-0.39, 0.29) is 23.7 Å². The van der Waals surface area contributed by atoms with Crippen molar-refractivity contribution in [1.29, 1.82) is 0 Å². The maximum absolute atomic E-state index is 12.5. The Bertz CT molecular complexity index is 709. The summed E-state index contributed by atoms with van der Waals surface area (Å²) in [4.78, 5) is 29.9. The summed E-state index contributed by atoms with van der Waals surface area (Å²) in [6.07, 6.45) is 3.01. The van der Waals surface area contributed by atoms with Gasteiger partial charge in [0.1, 0.15) is 0 Å². The quantitative estimate of drug-likeness (QED) is 0.902. The number of nitrogens with zero attached hydrogens (tertiary/aromatic N) is 2. The maximum Gasteiger partial charge on any atom is 0.253 e. The van der Waals surface area contributed by atoms with Gasteiger partial charge in [-0.3, -0.25) is 9.59 Å². The Morgan fingerprint density at radius 2 is 2.09 bits per heavy atom. The fraction of sp³-hybridized carbons (Fsp3) is 0.312. The maximum atomic E-state index is 12.5. The smallest absolute Gasteiger partial charge is 0.253 e.